The molecule has 2 heterocycles. The Morgan fingerprint density at radius 1 is 1.37 bits per heavy atom. The second-order valence-electron chi connectivity index (χ2n) is 4.71. The lowest BCUT2D eigenvalue weighted by Crippen LogP contribution is -2.17. The first-order valence-electron chi connectivity index (χ1n) is 6.43. The Labute approximate surface area is 117 Å². The molecule has 6 nitrogen and oxygen atoms in total. The van der Waals surface area contributed by atoms with Gasteiger partial charge < -0.3 is 5.84 Å². The second-order valence-corrected chi connectivity index (χ2v) is 6.11. The Hall–Kier alpha value is -1.50. The Morgan fingerprint density at radius 3 is 2.68 bits per heavy atom. The van der Waals surface area contributed by atoms with Crippen LogP contribution in [0, 0.1) is 13.8 Å². The molecule has 0 aliphatic rings. The molecular weight excluding hydrogens is 260 g/mol. The SMILES string of the molecule is CCC[C@@H](C)Sc1nnc(-n2nc(C)cc2C)n1N. The van der Waals surface area contributed by atoms with Gasteiger partial charge in [0.2, 0.25) is 5.16 Å². The normalized spacial score (nSPS) is 12.8. The summed E-state index contributed by atoms with van der Waals surface area (Å²) in [6, 6.07) is 1.99. The maximum absolute atomic E-state index is 6.07. The molecule has 0 aliphatic heterocycles. The molecule has 0 radical (unpaired) electrons. The van der Waals surface area contributed by atoms with E-state index in [1.165, 1.54) is 4.68 Å². The smallest absolute Gasteiger partial charge is 0.271 e. The minimum Gasteiger partial charge on any atom is -0.334 e. The molecule has 0 aromatic carbocycles. The summed E-state index contributed by atoms with van der Waals surface area (Å²) in [5, 5.41) is 13.9. The molecule has 19 heavy (non-hydrogen) atoms. The van der Waals surface area contributed by atoms with E-state index in [1.807, 2.05) is 19.9 Å². The van der Waals surface area contributed by atoms with E-state index >= 15 is 0 Å². The third-order valence-corrected chi connectivity index (χ3v) is 3.97. The molecule has 1 atom stereocenters. The maximum atomic E-state index is 6.07. The van der Waals surface area contributed by atoms with Gasteiger partial charge in [-0.3, -0.25) is 0 Å². The standard InChI is InChI=1S/C12H20N6S/c1-5-6-10(4)19-12-15-14-11(17(12)13)18-9(3)7-8(2)16-18/h7,10H,5-6,13H2,1-4H3/t10-/m1/s1. The minimum atomic E-state index is 0.477. The fraction of sp³-hybridized carbons (Fsp3) is 0.583. The first-order chi connectivity index (χ1) is 9.02. The van der Waals surface area contributed by atoms with Crippen molar-refractivity contribution in [2.24, 2.45) is 0 Å². The first kappa shape index (κ1) is 13.9. The molecule has 0 saturated heterocycles. The third kappa shape index (κ3) is 2.91. The van der Waals surface area contributed by atoms with Gasteiger partial charge >= 0.3 is 0 Å². The lowest BCUT2D eigenvalue weighted by atomic mass is 10.3. The summed E-state index contributed by atoms with van der Waals surface area (Å²) in [5.74, 6) is 6.62. The fourth-order valence-corrected chi connectivity index (χ4v) is 2.97. The van der Waals surface area contributed by atoms with Crippen molar-refractivity contribution in [2.45, 2.75) is 50.9 Å². The van der Waals surface area contributed by atoms with Gasteiger partial charge in [-0.1, -0.05) is 32.0 Å². The van der Waals surface area contributed by atoms with Crippen LogP contribution in [0.15, 0.2) is 11.2 Å². The molecule has 104 valence electrons. The summed E-state index contributed by atoms with van der Waals surface area (Å²) >= 11 is 1.65. The van der Waals surface area contributed by atoms with Crippen molar-refractivity contribution >= 4 is 11.8 Å². The number of aromatic nitrogens is 5. The van der Waals surface area contributed by atoms with Gasteiger partial charge in [-0.2, -0.15) is 5.10 Å². The number of nitrogen functional groups attached to an aromatic ring is 1. The van der Waals surface area contributed by atoms with Crippen molar-refractivity contribution in [1.82, 2.24) is 24.7 Å². The number of hydrogen-bond donors (Lipinski definition) is 1. The zero-order valence-electron chi connectivity index (χ0n) is 11.8. The van der Waals surface area contributed by atoms with E-state index < -0.39 is 0 Å². The summed E-state index contributed by atoms with van der Waals surface area (Å²) in [6.07, 6.45) is 2.28. The molecule has 2 aromatic heterocycles. The predicted octanol–water partition coefficient (Wildman–Crippen LogP) is 2.08. The van der Waals surface area contributed by atoms with Crippen LogP contribution < -0.4 is 5.84 Å². The minimum absolute atomic E-state index is 0.477. The van der Waals surface area contributed by atoms with E-state index in [4.69, 9.17) is 5.84 Å². The van der Waals surface area contributed by atoms with Crippen LogP contribution in [0.4, 0.5) is 0 Å². The van der Waals surface area contributed by atoms with Gasteiger partial charge in [-0.05, 0) is 26.3 Å². The number of nitrogens with two attached hydrogens (primary N) is 1. The molecule has 2 rings (SSSR count). The Bertz CT molecular complexity index is 559. The summed E-state index contributed by atoms with van der Waals surface area (Å²) in [4.78, 5) is 0. The van der Waals surface area contributed by atoms with Crippen LogP contribution in [0.5, 0.6) is 0 Å². The Morgan fingerprint density at radius 2 is 2.11 bits per heavy atom. The molecule has 0 aliphatic carbocycles. The fourth-order valence-electron chi connectivity index (χ4n) is 1.97. The van der Waals surface area contributed by atoms with Crippen molar-refractivity contribution in [2.75, 3.05) is 5.84 Å². The van der Waals surface area contributed by atoms with Crippen molar-refractivity contribution in [1.29, 1.82) is 0 Å². The summed E-state index contributed by atoms with van der Waals surface area (Å²) in [6.45, 7) is 8.26. The van der Waals surface area contributed by atoms with Crippen LogP contribution in [-0.2, 0) is 0 Å². The molecule has 0 saturated carbocycles. The van der Waals surface area contributed by atoms with Crippen LogP contribution in [0.1, 0.15) is 38.1 Å². The van der Waals surface area contributed by atoms with Crippen molar-refractivity contribution in [3.63, 3.8) is 0 Å². The average Bonchev–Trinajstić information content (AvgIpc) is 2.84. The molecule has 2 aromatic rings. The molecular formula is C12H20N6S. The number of aryl methyl sites for hydroxylation is 2. The van der Waals surface area contributed by atoms with E-state index in [9.17, 15) is 0 Å². The van der Waals surface area contributed by atoms with Crippen LogP contribution in [0.2, 0.25) is 0 Å². The Balaban J connectivity index is 2.25. The lowest BCUT2D eigenvalue weighted by molar-refractivity contribution is 0.723. The van der Waals surface area contributed by atoms with Crippen molar-refractivity contribution in [3.05, 3.63) is 17.5 Å². The highest BCUT2D eigenvalue weighted by molar-refractivity contribution is 7.99. The second kappa shape index (κ2) is 5.64. The van der Waals surface area contributed by atoms with Crippen LogP contribution in [-0.4, -0.2) is 29.9 Å². The highest BCUT2D eigenvalue weighted by Gasteiger charge is 2.16. The highest BCUT2D eigenvalue weighted by atomic mass is 32.2. The van der Waals surface area contributed by atoms with Gasteiger partial charge in [0.05, 0.1) is 5.69 Å². The molecule has 0 unspecified atom stereocenters. The van der Waals surface area contributed by atoms with E-state index in [-0.39, 0.29) is 0 Å². The first-order valence-corrected chi connectivity index (χ1v) is 7.31. The largest absolute Gasteiger partial charge is 0.334 e. The van der Waals surface area contributed by atoms with Crippen LogP contribution in [0.25, 0.3) is 5.95 Å². The van der Waals surface area contributed by atoms with Crippen LogP contribution in [0.3, 0.4) is 0 Å². The quantitative estimate of drug-likeness (QED) is 0.670. The zero-order valence-corrected chi connectivity index (χ0v) is 12.6. The third-order valence-electron chi connectivity index (χ3n) is 2.85. The van der Waals surface area contributed by atoms with Gasteiger partial charge in [-0.25, -0.2) is 9.36 Å². The van der Waals surface area contributed by atoms with Crippen LogP contribution >= 0.6 is 11.8 Å². The number of rotatable bonds is 5. The zero-order chi connectivity index (χ0) is 14.0. The van der Waals surface area contributed by atoms with Gasteiger partial charge in [0.15, 0.2) is 0 Å². The number of nitrogens with zero attached hydrogens (tertiary/aromatic N) is 5. The molecule has 7 heteroatoms. The van der Waals surface area contributed by atoms with Crippen molar-refractivity contribution < 1.29 is 0 Å². The molecule has 0 spiro atoms. The number of hydrogen-bond acceptors (Lipinski definition) is 5. The lowest BCUT2D eigenvalue weighted by Gasteiger charge is -2.09. The van der Waals surface area contributed by atoms with Gasteiger partial charge in [-0.15, -0.1) is 10.2 Å². The van der Waals surface area contributed by atoms with E-state index in [0.717, 1.165) is 29.4 Å². The topological polar surface area (TPSA) is 74.5 Å². The number of thioether (sulfide) groups is 1. The summed E-state index contributed by atoms with van der Waals surface area (Å²) in [5.41, 5.74) is 1.93. The van der Waals surface area contributed by atoms with Gasteiger partial charge in [0.25, 0.3) is 5.95 Å². The molecule has 0 fully saturated rings. The summed E-state index contributed by atoms with van der Waals surface area (Å²) < 4.78 is 3.23. The van der Waals surface area contributed by atoms with Gasteiger partial charge in [0, 0.05) is 10.9 Å². The maximum Gasteiger partial charge on any atom is 0.271 e. The molecule has 0 amide bonds. The molecule has 0 bridgehead atoms. The monoisotopic (exact) mass is 280 g/mol. The van der Waals surface area contributed by atoms with E-state index in [2.05, 4.69) is 29.1 Å². The van der Waals surface area contributed by atoms with E-state index in [0.29, 0.717) is 11.2 Å². The van der Waals surface area contributed by atoms with Gasteiger partial charge in [0.1, 0.15) is 0 Å². The average molecular weight is 280 g/mol. The summed E-state index contributed by atoms with van der Waals surface area (Å²) in [7, 11) is 0. The molecule has 2 N–H and O–H groups in total. The van der Waals surface area contributed by atoms with Crippen molar-refractivity contribution in [3.8, 4) is 5.95 Å². The predicted molar refractivity (Wildman–Crippen MR) is 77.0 cm³/mol. The Kier molecular flexibility index (Phi) is 4.14. The highest BCUT2D eigenvalue weighted by Crippen LogP contribution is 2.24. The van der Waals surface area contributed by atoms with E-state index in [1.54, 1.807) is 16.4 Å².